The Balaban J connectivity index is 1.72. The molecular formula is C19H25N3O3. The first kappa shape index (κ1) is 18.8. The predicted molar refractivity (Wildman–Crippen MR) is 99.8 cm³/mol. The molecule has 0 fully saturated rings. The summed E-state index contributed by atoms with van der Waals surface area (Å²) in [5.41, 5.74) is 7.63. The van der Waals surface area contributed by atoms with Gasteiger partial charge in [-0.05, 0) is 36.8 Å². The molecule has 0 spiro atoms. The first-order chi connectivity index (χ1) is 12.0. The topological polar surface area (TPSA) is 96.6 Å². The van der Waals surface area contributed by atoms with Crippen LogP contribution in [0.4, 0.5) is 11.4 Å². The number of hydrogen-bond acceptors (Lipinski definition) is 5. The SMILES string of the molecule is CC(=O)Nc1cccc(NCCC(N)C(O)COc2ccccc2)c1. The molecule has 0 saturated carbocycles. The van der Waals surface area contributed by atoms with Gasteiger partial charge in [0, 0.05) is 30.9 Å². The van der Waals surface area contributed by atoms with Crippen LogP contribution in [0.3, 0.4) is 0 Å². The summed E-state index contributed by atoms with van der Waals surface area (Å²) in [5.74, 6) is 0.599. The molecule has 0 radical (unpaired) electrons. The van der Waals surface area contributed by atoms with Crippen molar-refractivity contribution in [3.8, 4) is 5.75 Å². The van der Waals surface area contributed by atoms with Crippen molar-refractivity contribution in [3.05, 3.63) is 54.6 Å². The largest absolute Gasteiger partial charge is 0.491 e. The number of nitrogens with one attached hydrogen (secondary N) is 2. The minimum absolute atomic E-state index is 0.110. The van der Waals surface area contributed by atoms with Gasteiger partial charge in [-0.2, -0.15) is 0 Å². The van der Waals surface area contributed by atoms with E-state index in [0.717, 1.165) is 11.4 Å². The van der Waals surface area contributed by atoms with Gasteiger partial charge in [0.25, 0.3) is 0 Å². The van der Waals surface area contributed by atoms with Crippen molar-refractivity contribution in [2.24, 2.45) is 5.73 Å². The Morgan fingerprint density at radius 2 is 1.88 bits per heavy atom. The van der Waals surface area contributed by atoms with Gasteiger partial charge in [0.2, 0.25) is 5.91 Å². The molecule has 2 atom stereocenters. The number of para-hydroxylation sites is 1. The Hall–Kier alpha value is -2.57. The zero-order valence-electron chi connectivity index (χ0n) is 14.3. The molecule has 0 heterocycles. The average Bonchev–Trinajstić information content (AvgIpc) is 2.60. The number of carbonyl (C=O) groups excluding carboxylic acids is 1. The Morgan fingerprint density at radius 1 is 1.16 bits per heavy atom. The summed E-state index contributed by atoms with van der Waals surface area (Å²) in [6.07, 6.45) is -0.156. The molecule has 2 aromatic rings. The van der Waals surface area contributed by atoms with Gasteiger partial charge in [-0.3, -0.25) is 4.79 Å². The number of aliphatic hydroxyl groups is 1. The van der Waals surface area contributed by atoms with Gasteiger partial charge in [-0.15, -0.1) is 0 Å². The van der Waals surface area contributed by atoms with E-state index in [1.165, 1.54) is 6.92 Å². The Labute approximate surface area is 148 Å². The highest BCUT2D eigenvalue weighted by molar-refractivity contribution is 5.89. The smallest absolute Gasteiger partial charge is 0.221 e. The van der Waals surface area contributed by atoms with Crippen molar-refractivity contribution in [2.45, 2.75) is 25.5 Å². The van der Waals surface area contributed by atoms with E-state index in [2.05, 4.69) is 10.6 Å². The van der Waals surface area contributed by atoms with Gasteiger partial charge < -0.3 is 26.2 Å². The minimum atomic E-state index is -0.743. The molecule has 0 aliphatic heterocycles. The van der Waals surface area contributed by atoms with E-state index >= 15 is 0 Å². The second-order valence-corrected chi connectivity index (χ2v) is 5.83. The molecule has 6 nitrogen and oxygen atoms in total. The number of anilines is 2. The highest BCUT2D eigenvalue weighted by Gasteiger charge is 2.15. The first-order valence-corrected chi connectivity index (χ1v) is 8.27. The lowest BCUT2D eigenvalue weighted by Crippen LogP contribution is -2.40. The van der Waals surface area contributed by atoms with Gasteiger partial charge in [-0.25, -0.2) is 0 Å². The van der Waals surface area contributed by atoms with Crippen molar-refractivity contribution in [2.75, 3.05) is 23.8 Å². The third kappa shape index (κ3) is 6.82. The maximum atomic E-state index is 11.1. The number of hydrogen-bond donors (Lipinski definition) is 4. The highest BCUT2D eigenvalue weighted by atomic mass is 16.5. The highest BCUT2D eigenvalue weighted by Crippen LogP contribution is 2.15. The lowest BCUT2D eigenvalue weighted by atomic mass is 10.1. The predicted octanol–water partition coefficient (Wildman–Crippen LogP) is 2.21. The van der Waals surface area contributed by atoms with Crippen LogP contribution < -0.4 is 21.1 Å². The molecular weight excluding hydrogens is 318 g/mol. The first-order valence-electron chi connectivity index (χ1n) is 8.27. The Morgan fingerprint density at radius 3 is 2.60 bits per heavy atom. The van der Waals surface area contributed by atoms with Gasteiger partial charge >= 0.3 is 0 Å². The van der Waals surface area contributed by atoms with E-state index in [4.69, 9.17) is 10.5 Å². The molecule has 6 heteroatoms. The van der Waals surface area contributed by atoms with Crippen molar-refractivity contribution < 1.29 is 14.6 Å². The molecule has 2 rings (SSSR count). The average molecular weight is 343 g/mol. The van der Waals surface area contributed by atoms with Crippen LogP contribution in [-0.2, 0) is 4.79 Å². The third-order valence-electron chi connectivity index (χ3n) is 3.65. The van der Waals surface area contributed by atoms with Crippen molar-refractivity contribution >= 4 is 17.3 Å². The Kier molecular flexibility index (Phi) is 7.25. The molecule has 0 aliphatic rings. The number of amides is 1. The van der Waals surface area contributed by atoms with Crippen LogP contribution in [0, 0.1) is 0 Å². The third-order valence-corrected chi connectivity index (χ3v) is 3.65. The van der Waals surface area contributed by atoms with Gasteiger partial charge in [0.1, 0.15) is 18.5 Å². The number of ether oxygens (including phenoxy) is 1. The molecule has 0 bridgehead atoms. The fourth-order valence-electron chi connectivity index (χ4n) is 2.31. The minimum Gasteiger partial charge on any atom is -0.491 e. The second-order valence-electron chi connectivity index (χ2n) is 5.83. The van der Waals surface area contributed by atoms with Crippen LogP contribution in [0.15, 0.2) is 54.6 Å². The molecule has 134 valence electrons. The van der Waals surface area contributed by atoms with Crippen molar-refractivity contribution in [3.63, 3.8) is 0 Å². The van der Waals surface area contributed by atoms with Gasteiger partial charge in [-0.1, -0.05) is 24.3 Å². The molecule has 5 N–H and O–H groups in total. The zero-order chi connectivity index (χ0) is 18.1. The number of aliphatic hydroxyl groups excluding tert-OH is 1. The summed E-state index contributed by atoms with van der Waals surface area (Å²) < 4.78 is 5.52. The van der Waals surface area contributed by atoms with E-state index in [0.29, 0.717) is 18.7 Å². The van der Waals surface area contributed by atoms with Crippen LogP contribution in [-0.4, -0.2) is 36.3 Å². The van der Waals surface area contributed by atoms with Gasteiger partial charge in [0.05, 0.1) is 0 Å². The monoisotopic (exact) mass is 343 g/mol. The standard InChI is InChI=1S/C19H25N3O3/c1-14(23)22-16-7-5-6-15(12-16)21-11-10-18(20)19(24)13-25-17-8-3-2-4-9-17/h2-9,12,18-19,21,24H,10-11,13,20H2,1H3,(H,22,23). The molecule has 0 aliphatic carbocycles. The molecule has 0 saturated heterocycles. The summed E-state index contributed by atoms with van der Waals surface area (Å²) in [5, 5.41) is 16.1. The molecule has 2 unspecified atom stereocenters. The van der Waals surface area contributed by atoms with Crippen LogP contribution >= 0.6 is 0 Å². The summed E-state index contributed by atoms with van der Waals surface area (Å²) in [6, 6.07) is 16.4. The summed E-state index contributed by atoms with van der Waals surface area (Å²) in [6.45, 7) is 2.23. The van der Waals surface area contributed by atoms with E-state index in [9.17, 15) is 9.90 Å². The van der Waals surface area contributed by atoms with Gasteiger partial charge in [0.15, 0.2) is 0 Å². The summed E-state index contributed by atoms with van der Waals surface area (Å²) in [4.78, 5) is 11.1. The number of benzene rings is 2. The summed E-state index contributed by atoms with van der Waals surface area (Å²) in [7, 11) is 0. The van der Waals surface area contributed by atoms with Crippen molar-refractivity contribution in [1.82, 2.24) is 0 Å². The second kappa shape index (κ2) is 9.66. The molecule has 1 amide bonds. The van der Waals surface area contributed by atoms with Crippen molar-refractivity contribution in [1.29, 1.82) is 0 Å². The zero-order valence-corrected chi connectivity index (χ0v) is 14.3. The lowest BCUT2D eigenvalue weighted by molar-refractivity contribution is -0.114. The van der Waals surface area contributed by atoms with E-state index in [1.54, 1.807) is 0 Å². The lowest BCUT2D eigenvalue weighted by Gasteiger charge is -2.20. The maximum absolute atomic E-state index is 11.1. The fraction of sp³-hybridized carbons (Fsp3) is 0.316. The molecule has 0 aromatic heterocycles. The number of carbonyl (C=O) groups is 1. The maximum Gasteiger partial charge on any atom is 0.221 e. The molecule has 25 heavy (non-hydrogen) atoms. The Bertz CT molecular complexity index is 664. The van der Waals surface area contributed by atoms with E-state index < -0.39 is 12.1 Å². The van der Waals surface area contributed by atoms with Crippen LogP contribution in [0.2, 0.25) is 0 Å². The normalized spacial score (nSPS) is 12.9. The molecule has 2 aromatic carbocycles. The fourth-order valence-corrected chi connectivity index (χ4v) is 2.31. The summed E-state index contributed by atoms with van der Waals surface area (Å²) >= 11 is 0. The quantitative estimate of drug-likeness (QED) is 0.560. The van der Waals surface area contributed by atoms with Crippen LogP contribution in [0.1, 0.15) is 13.3 Å². The van der Waals surface area contributed by atoms with E-state index in [-0.39, 0.29) is 12.5 Å². The number of rotatable bonds is 9. The number of nitrogens with two attached hydrogens (primary N) is 1. The van der Waals surface area contributed by atoms with E-state index in [1.807, 2.05) is 54.6 Å². The van der Waals surface area contributed by atoms with Crippen LogP contribution in [0.25, 0.3) is 0 Å². The van der Waals surface area contributed by atoms with Crippen LogP contribution in [0.5, 0.6) is 5.75 Å².